The van der Waals surface area contributed by atoms with Crippen molar-refractivity contribution in [1.82, 2.24) is 19.8 Å². The lowest BCUT2D eigenvalue weighted by atomic mass is 10.0. The van der Waals surface area contributed by atoms with Crippen LogP contribution in [0.1, 0.15) is 38.5 Å². The first-order valence-corrected chi connectivity index (χ1v) is 13.1. The summed E-state index contributed by atoms with van der Waals surface area (Å²) in [7, 11) is 0. The number of aromatic nitrogens is 2. The zero-order valence-corrected chi connectivity index (χ0v) is 20.9. The first kappa shape index (κ1) is 23.9. The molecule has 2 unspecified atom stereocenters. The van der Waals surface area contributed by atoms with Crippen LogP contribution in [-0.2, 0) is 14.3 Å². The van der Waals surface area contributed by atoms with E-state index in [-0.39, 0.29) is 18.0 Å². The van der Waals surface area contributed by atoms with Crippen molar-refractivity contribution < 1.29 is 18.7 Å². The number of hydrogen-bond donors (Lipinski definition) is 0. The Morgan fingerprint density at radius 2 is 1.92 bits per heavy atom. The smallest absolute Gasteiger partial charge is 0.237 e. The van der Waals surface area contributed by atoms with Crippen molar-refractivity contribution in [1.29, 1.82) is 0 Å². The molecule has 1 aromatic heterocycles. The zero-order valence-electron chi connectivity index (χ0n) is 20.9. The maximum atomic E-state index is 13.3. The van der Waals surface area contributed by atoms with E-state index in [2.05, 4.69) is 44.1 Å². The molecule has 2 fully saturated rings. The largest absolute Gasteiger partial charge is 0.465 e. The number of carbonyl (C=O) groups excluding carboxylic acids is 1. The Balaban J connectivity index is 1.00. The molecule has 1 aromatic rings. The predicted octanol–water partition coefficient (Wildman–Crippen LogP) is 3.82. The van der Waals surface area contributed by atoms with Crippen LogP contribution in [0.5, 0.6) is 0 Å². The minimum absolute atomic E-state index is 0.147. The van der Waals surface area contributed by atoms with Gasteiger partial charge in [-0.15, -0.1) is 0 Å². The second-order valence-corrected chi connectivity index (χ2v) is 10.3. The van der Waals surface area contributed by atoms with Crippen molar-refractivity contribution in [3.05, 3.63) is 77.7 Å². The van der Waals surface area contributed by atoms with Gasteiger partial charge in [0.05, 0.1) is 18.9 Å². The number of likely N-dealkylation sites (tertiary alicyclic amines) is 1. The molecule has 0 aromatic carbocycles. The van der Waals surface area contributed by atoms with Gasteiger partial charge in [-0.3, -0.25) is 9.69 Å². The van der Waals surface area contributed by atoms with Gasteiger partial charge in [-0.2, -0.15) is 0 Å². The van der Waals surface area contributed by atoms with E-state index in [1.165, 1.54) is 18.0 Å². The Morgan fingerprint density at radius 1 is 1.11 bits per heavy atom. The van der Waals surface area contributed by atoms with E-state index in [9.17, 15) is 9.18 Å². The Morgan fingerprint density at radius 3 is 2.62 bits per heavy atom. The second-order valence-electron chi connectivity index (χ2n) is 10.3. The third-order valence-corrected chi connectivity index (χ3v) is 7.75. The first-order valence-electron chi connectivity index (χ1n) is 13.1. The molecule has 5 heterocycles. The number of ether oxygens (including phenoxy) is 2. The average Bonchev–Trinajstić information content (AvgIpc) is 3.19. The number of anilines is 1. The summed E-state index contributed by atoms with van der Waals surface area (Å²) < 4.78 is 25.0. The second kappa shape index (κ2) is 10.5. The van der Waals surface area contributed by atoms with Gasteiger partial charge in [0.1, 0.15) is 18.3 Å². The topological polar surface area (TPSA) is 71.0 Å². The van der Waals surface area contributed by atoms with Gasteiger partial charge in [-0.25, -0.2) is 14.4 Å². The fraction of sp³-hybridized carbons (Fsp3) is 0.464. The SMILES string of the molecule is O=C(CN1CC2CCC(C1)N2c1ncc(F)cn1)N1CC=C(C2=COC=C(CC3=CC=CCC3)O2)CC1. The molecular weight excluding hydrogens is 473 g/mol. The monoisotopic (exact) mass is 505 g/mol. The summed E-state index contributed by atoms with van der Waals surface area (Å²) in [6.07, 6.45) is 20.0. The highest BCUT2D eigenvalue weighted by atomic mass is 19.1. The first-order chi connectivity index (χ1) is 18.1. The molecule has 2 bridgehead atoms. The van der Waals surface area contributed by atoms with E-state index >= 15 is 0 Å². The molecular formula is C28H32FN5O3. The summed E-state index contributed by atoms with van der Waals surface area (Å²) in [5.41, 5.74) is 2.42. The number of rotatable bonds is 6. The highest BCUT2D eigenvalue weighted by Gasteiger charge is 2.42. The molecule has 194 valence electrons. The van der Waals surface area contributed by atoms with Crippen LogP contribution < -0.4 is 4.90 Å². The molecule has 4 aliphatic heterocycles. The van der Waals surface area contributed by atoms with E-state index in [0.29, 0.717) is 25.6 Å². The summed E-state index contributed by atoms with van der Waals surface area (Å²) in [4.78, 5) is 27.9. The quantitative estimate of drug-likeness (QED) is 0.582. The molecule has 2 saturated heterocycles. The number of amides is 1. The summed E-state index contributed by atoms with van der Waals surface area (Å²) in [6, 6.07) is 0.505. The zero-order chi connectivity index (χ0) is 25.2. The molecule has 0 spiro atoms. The average molecular weight is 506 g/mol. The fourth-order valence-electron chi connectivity index (χ4n) is 5.90. The van der Waals surface area contributed by atoms with Crippen LogP contribution in [0.3, 0.4) is 0 Å². The number of piperazine rings is 1. The minimum atomic E-state index is -0.426. The number of allylic oxidation sites excluding steroid dienone is 5. The van der Waals surface area contributed by atoms with Crippen LogP contribution in [-0.4, -0.2) is 70.5 Å². The highest BCUT2D eigenvalue weighted by molar-refractivity contribution is 5.78. The third-order valence-electron chi connectivity index (χ3n) is 7.75. The van der Waals surface area contributed by atoms with E-state index in [0.717, 1.165) is 68.7 Å². The van der Waals surface area contributed by atoms with Crippen molar-refractivity contribution in [3.63, 3.8) is 0 Å². The number of hydrogen-bond acceptors (Lipinski definition) is 7. The van der Waals surface area contributed by atoms with Crippen LogP contribution in [0.15, 0.2) is 71.9 Å². The Hall–Kier alpha value is -3.46. The molecule has 0 radical (unpaired) electrons. The molecule has 8 nitrogen and oxygen atoms in total. The normalized spacial score (nSPS) is 25.5. The van der Waals surface area contributed by atoms with Crippen LogP contribution in [0.4, 0.5) is 10.3 Å². The molecule has 2 atom stereocenters. The maximum absolute atomic E-state index is 13.3. The lowest BCUT2D eigenvalue weighted by Gasteiger charge is -2.41. The van der Waals surface area contributed by atoms with Crippen LogP contribution in [0.2, 0.25) is 0 Å². The Labute approximate surface area is 216 Å². The molecule has 1 amide bonds. The van der Waals surface area contributed by atoms with Gasteiger partial charge in [-0.1, -0.05) is 29.9 Å². The van der Waals surface area contributed by atoms with E-state index < -0.39 is 5.82 Å². The third kappa shape index (κ3) is 5.32. The van der Waals surface area contributed by atoms with Crippen molar-refractivity contribution in [2.24, 2.45) is 0 Å². The van der Waals surface area contributed by atoms with Crippen LogP contribution in [0, 0.1) is 5.82 Å². The Kier molecular flexibility index (Phi) is 6.78. The number of halogens is 1. The van der Waals surface area contributed by atoms with Crippen molar-refractivity contribution >= 4 is 11.9 Å². The van der Waals surface area contributed by atoms with E-state index in [1.807, 2.05) is 4.90 Å². The van der Waals surface area contributed by atoms with E-state index in [4.69, 9.17) is 9.47 Å². The number of carbonyl (C=O) groups is 1. The molecule has 9 heteroatoms. The van der Waals surface area contributed by atoms with Crippen molar-refractivity contribution in [3.8, 4) is 0 Å². The van der Waals surface area contributed by atoms with Crippen molar-refractivity contribution in [2.45, 2.75) is 50.6 Å². The molecule has 5 aliphatic rings. The van der Waals surface area contributed by atoms with Gasteiger partial charge in [-0.05, 0) is 37.7 Å². The van der Waals surface area contributed by atoms with Gasteiger partial charge in [0.15, 0.2) is 11.6 Å². The summed E-state index contributed by atoms with van der Waals surface area (Å²) in [6.45, 7) is 3.22. The van der Waals surface area contributed by atoms with Gasteiger partial charge in [0.25, 0.3) is 0 Å². The lowest BCUT2D eigenvalue weighted by Crippen LogP contribution is -2.56. The van der Waals surface area contributed by atoms with Gasteiger partial charge < -0.3 is 19.3 Å². The van der Waals surface area contributed by atoms with E-state index in [1.54, 1.807) is 12.5 Å². The minimum Gasteiger partial charge on any atom is -0.465 e. The number of nitrogens with zero attached hydrogens (tertiary/aromatic N) is 5. The highest BCUT2D eigenvalue weighted by Crippen LogP contribution is 2.33. The van der Waals surface area contributed by atoms with Gasteiger partial charge >= 0.3 is 0 Å². The summed E-state index contributed by atoms with van der Waals surface area (Å²) in [5, 5.41) is 0. The molecule has 6 rings (SSSR count). The maximum Gasteiger partial charge on any atom is 0.237 e. The molecule has 37 heavy (non-hydrogen) atoms. The number of fused-ring (bicyclic) bond motifs is 2. The Bertz CT molecular complexity index is 1170. The van der Waals surface area contributed by atoms with Crippen LogP contribution in [0.25, 0.3) is 0 Å². The molecule has 1 aliphatic carbocycles. The fourth-order valence-corrected chi connectivity index (χ4v) is 5.90. The van der Waals surface area contributed by atoms with Crippen LogP contribution >= 0.6 is 0 Å². The van der Waals surface area contributed by atoms with Gasteiger partial charge in [0.2, 0.25) is 11.9 Å². The summed E-state index contributed by atoms with van der Waals surface area (Å²) in [5.74, 6) is 1.87. The predicted molar refractivity (Wildman–Crippen MR) is 136 cm³/mol. The molecule has 0 N–H and O–H groups in total. The molecule has 0 saturated carbocycles. The van der Waals surface area contributed by atoms with Gasteiger partial charge in [0, 0.05) is 44.7 Å². The summed E-state index contributed by atoms with van der Waals surface area (Å²) >= 11 is 0. The standard InChI is InChI=1S/C28H32FN5O3/c29-22-13-30-28(31-14-22)34-23-6-7-24(34)16-32(15-23)17-27(35)33-10-8-21(9-11-33)26-19-36-18-25(37-26)12-20-4-2-1-3-5-20/h1-2,4,8,13-14,18-19,23-24H,3,5-7,9-12,15-17H2. The van der Waals surface area contributed by atoms with Crippen molar-refractivity contribution in [2.75, 3.05) is 37.6 Å². The lowest BCUT2D eigenvalue weighted by molar-refractivity contribution is -0.132.